The number of Topliss-reactive ketones (excluding diaryl/α,β-unsaturated/α-hetero) is 1. The maximum absolute atomic E-state index is 12.2. The number of aliphatic carboxylic acids is 1. The van der Waals surface area contributed by atoms with Crippen LogP contribution in [0.1, 0.15) is 13.3 Å². The van der Waals surface area contributed by atoms with E-state index in [4.69, 9.17) is 21.7 Å². The smallest absolute Gasteiger partial charge is 0.328 e. The second kappa shape index (κ2) is 11.0. The normalized spacial score (nSPS) is 14.0. The predicted molar refractivity (Wildman–Crippen MR) is 87.2 cm³/mol. The summed E-state index contributed by atoms with van der Waals surface area (Å²) in [6.07, 6.45) is -0.567. The zero-order valence-corrected chi connectivity index (χ0v) is 14.4. The molecule has 4 amide bonds. The summed E-state index contributed by atoms with van der Waals surface area (Å²) in [5, 5.41) is 22.8. The molecule has 0 aliphatic heterocycles. The van der Waals surface area contributed by atoms with Crippen LogP contribution >= 0.6 is 0 Å². The zero-order valence-electron chi connectivity index (χ0n) is 14.4. The van der Waals surface area contributed by atoms with Crippen molar-refractivity contribution in [1.29, 1.82) is 0 Å². The van der Waals surface area contributed by atoms with Crippen molar-refractivity contribution in [1.82, 2.24) is 21.1 Å². The summed E-state index contributed by atoms with van der Waals surface area (Å²) in [6.45, 7) is 0.380. The summed E-state index contributed by atoms with van der Waals surface area (Å²) in [4.78, 5) is 56.9. The van der Waals surface area contributed by atoms with Gasteiger partial charge in [0.25, 0.3) is 5.91 Å². The summed E-state index contributed by atoms with van der Waals surface area (Å²) in [5.74, 6) is -3.53. The van der Waals surface area contributed by atoms with Gasteiger partial charge in [0.1, 0.15) is 11.8 Å². The predicted octanol–water partition coefficient (Wildman–Crippen LogP) is -4.15. The minimum absolute atomic E-state index is 0.0256. The molecule has 0 radical (unpaired) electrons. The first-order valence-corrected chi connectivity index (χ1v) is 7.44. The topological polar surface area (TPSA) is 217 Å². The average Bonchev–Trinajstić information content (AvgIpc) is 2.50. The van der Waals surface area contributed by atoms with Gasteiger partial charge in [0.2, 0.25) is 5.91 Å². The molecule has 0 aliphatic carbocycles. The summed E-state index contributed by atoms with van der Waals surface area (Å²) in [7, 11) is 1.41. The van der Waals surface area contributed by atoms with Crippen LogP contribution < -0.4 is 27.5 Å². The number of urea groups is 1. The van der Waals surface area contributed by atoms with Crippen molar-refractivity contribution in [3.63, 3.8) is 0 Å². The van der Waals surface area contributed by atoms with Gasteiger partial charge in [-0.2, -0.15) is 0 Å². The third kappa shape index (κ3) is 8.91. The van der Waals surface area contributed by atoms with Gasteiger partial charge in [0.05, 0.1) is 19.1 Å². The molecule has 0 aromatic rings. The molecule has 0 saturated heterocycles. The molecule has 0 aromatic heterocycles. The largest absolute Gasteiger partial charge is 0.480 e. The lowest BCUT2D eigenvalue weighted by Crippen LogP contribution is -2.57. The van der Waals surface area contributed by atoms with Crippen molar-refractivity contribution in [2.24, 2.45) is 11.5 Å². The Labute approximate surface area is 149 Å². The van der Waals surface area contributed by atoms with Crippen LogP contribution in [0.15, 0.2) is 0 Å². The van der Waals surface area contributed by atoms with Crippen LogP contribution in [-0.4, -0.2) is 83.1 Å². The molecular formula is C13H24N6O7. The van der Waals surface area contributed by atoms with Crippen LogP contribution in [0, 0.1) is 0 Å². The van der Waals surface area contributed by atoms with Crippen LogP contribution in [-0.2, 0) is 19.2 Å². The number of nitrogens with one attached hydrogen (secondary N) is 3. The average molecular weight is 376 g/mol. The van der Waals surface area contributed by atoms with Gasteiger partial charge < -0.3 is 32.3 Å². The van der Waals surface area contributed by atoms with E-state index in [-0.39, 0.29) is 12.3 Å². The Bertz CT molecular complexity index is 555. The number of nitrogens with zero attached hydrogens (tertiary/aromatic N) is 1. The van der Waals surface area contributed by atoms with E-state index in [1.807, 2.05) is 5.32 Å². The van der Waals surface area contributed by atoms with Gasteiger partial charge in [-0.15, -0.1) is 0 Å². The van der Waals surface area contributed by atoms with Crippen LogP contribution in [0.25, 0.3) is 0 Å². The summed E-state index contributed by atoms with van der Waals surface area (Å²) in [6, 6.07) is -4.97. The number of aliphatic hydroxyl groups excluding tert-OH is 1. The maximum Gasteiger partial charge on any atom is 0.328 e. The van der Waals surface area contributed by atoms with Crippen LogP contribution in [0.5, 0.6) is 0 Å². The summed E-state index contributed by atoms with van der Waals surface area (Å²) >= 11 is 0. The fourth-order valence-electron chi connectivity index (χ4n) is 1.69. The number of primary amides is 1. The number of carboxylic acid groups (broad SMARTS) is 1. The van der Waals surface area contributed by atoms with Gasteiger partial charge in [-0.25, -0.2) is 14.6 Å². The van der Waals surface area contributed by atoms with Crippen molar-refractivity contribution < 1.29 is 34.2 Å². The molecule has 13 nitrogen and oxygen atoms in total. The van der Waals surface area contributed by atoms with Crippen LogP contribution in [0.3, 0.4) is 0 Å². The third-order valence-electron chi connectivity index (χ3n) is 3.11. The van der Waals surface area contributed by atoms with Crippen LogP contribution in [0.2, 0.25) is 0 Å². The molecule has 9 N–H and O–H groups in total. The second-order valence-electron chi connectivity index (χ2n) is 5.49. The minimum Gasteiger partial charge on any atom is -0.480 e. The SMILES string of the molecule is CC(=O)C(N)CN(C)NC(=O)C(CC(N)=O)NC(=O)NC(CO)C(=O)O. The Morgan fingerprint density at radius 1 is 1.12 bits per heavy atom. The van der Waals surface area contributed by atoms with E-state index in [0.717, 1.165) is 0 Å². The third-order valence-corrected chi connectivity index (χ3v) is 3.11. The molecule has 0 aromatic carbocycles. The summed E-state index contributed by atoms with van der Waals surface area (Å²) in [5.41, 5.74) is 12.9. The molecule has 3 atom stereocenters. The number of rotatable bonds is 11. The second-order valence-corrected chi connectivity index (χ2v) is 5.49. The molecule has 0 heterocycles. The number of likely N-dealkylation sites (N-methyl/N-ethyl adjacent to an activating group) is 1. The van der Waals surface area contributed by atoms with E-state index in [9.17, 15) is 24.0 Å². The lowest BCUT2D eigenvalue weighted by atomic mass is 10.2. The monoisotopic (exact) mass is 376 g/mol. The molecule has 3 unspecified atom stereocenters. The highest BCUT2D eigenvalue weighted by atomic mass is 16.4. The van der Waals surface area contributed by atoms with Gasteiger partial charge in [0, 0.05) is 13.6 Å². The molecule has 148 valence electrons. The molecule has 26 heavy (non-hydrogen) atoms. The quantitative estimate of drug-likeness (QED) is 0.174. The molecule has 0 bridgehead atoms. The van der Waals surface area contributed by atoms with Crippen molar-refractivity contribution in [2.45, 2.75) is 31.5 Å². The Balaban J connectivity index is 4.88. The first-order chi connectivity index (χ1) is 12.0. The molecule has 13 heteroatoms. The highest BCUT2D eigenvalue weighted by Gasteiger charge is 2.26. The van der Waals surface area contributed by atoms with Crippen molar-refractivity contribution in [3.8, 4) is 0 Å². The molecule has 0 rings (SSSR count). The fourth-order valence-corrected chi connectivity index (χ4v) is 1.69. The van der Waals surface area contributed by atoms with E-state index in [0.29, 0.717) is 0 Å². The maximum atomic E-state index is 12.2. The van der Waals surface area contributed by atoms with Crippen molar-refractivity contribution >= 4 is 29.6 Å². The zero-order chi connectivity index (χ0) is 20.4. The molecule has 0 fully saturated rings. The van der Waals surface area contributed by atoms with Crippen molar-refractivity contribution in [3.05, 3.63) is 0 Å². The number of nitrogens with two attached hydrogens (primary N) is 2. The lowest BCUT2D eigenvalue weighted by molar-refractivity contribution is -0.140. The first kappa shape index (κ1) is 23.2. The number of ketones is 1. The highest BCUT2D eigenvalue weighted by molar-refractivity contribution is 5.92. The van der Waals surface area contributed by atoms with Crippen molar-refractivity contribution in [2.75, 3.05) is 20.2 Å². The van der Waals surface area contributed by atoms with Gasteiger partial charge in [-0.1, -0.05) is 0 Å². The van der Waals surface area contributed by atoms with Crippen LogP contribution in [0.4, 0.5) is 4.79 Å². The molecular weight excluding hydrogens is 352 g/mol. The number of carbonyl (C=O) groups is 5. The number of carbonyl (C=O) groups excluding carboxylic acids is 4. The van der Waals surface area contributed by atoms with E-state index in [1.165, 1.54) is 19.0 Å². The van der Waals surface area contributed by atoms with E-state index >= 15 is 0 Å². The number of aliphatic hydroxyl groups is 1. The molecule has 0 saturated carbocycles. The number of carboxylic acids is 1. The fraction of sp³-hybridized carbons (Fsp3) is 0.615. The van der Waals surface area contributed by atoms with E-state index in [2.05, 4.69) is 10.7 Å². The Hall–Kier alpha value is -2.77. The number of hydrogen-bond donors (Lipinski definition) is 7. The Morgan fingerprint density at radius 2 is 1.65 bits per heavy atom. The minimum atomic E-state index is -1.59. The number of hydrogen-bond acceptors (Lipinski definition) is 8. The van der Waals surface area contributed by atoms with Gasteiger partial charge >= 0.3 is 12.0 Å². The standard InChI is InChI=1S/C13H24N6O7/c1-6(21)7(14)4-19(2)18-11(23)8(3-10(15)22)16-13(26)17-9(5-20)12(24)25/h7-9,20H,3-5,14H2,1-2H3,(H2,15,22)(H,18,23)(H,24,25)(H2,16,17,26). The first-order valence-electron chi connectivity index (χ1n) is 7.44. The van der Waals surface area contributed by atoms with Gasteiger partial charge in [-0.05, 0) is 6.92 Å². The highest BCUT2D eigenvalue weighted by Crippen LogP contribution is 1.95. The number of hydrazine groups is 1. The summed E-state index contributed by atoms with van der Waals surface area (Å²) < 4.78 is 0. The van der Waals surface area contributed by atoms with Gasteiger partial charge in [-0.3, -0.25) is 19.8 Å². The number of amides is 4. The molecule has 0 aliphatic rings. The lowest BCUT2D eigenvalue weighted by Gasteiger charge is -2.24. The Morgan fingerprint density at radius 3 is 2.08 bits per heavy atom. The van der Waals surface area contributed by atoms with Gasteiger partial charge in [0.15, 0.2) is 6.04 Å². The van der Waals surface area contributed by atoms with E-state index in [1.54, 1.807) is 0 Å². The molecule has 0 spiro atoms. The van der Waals surface area contributed by atoms with E-state index < -0.39 is 55.0 Å². The Kier molecular flexibility index (Phi) is 9.80.